The summed E-state index contributed by atoms with van der Waals surface area (Å²) < 4.78 is 6.21. The van der Waals surface area contributed by atoms with E-state index in [-0.39, 0.29) is 12.2 Å². The highest BCUT2D eigenvalue weighted by Gasteiger charge is 2.50. The Morgan fingerprint density at radius 1 is 1.00 bits per heavy atom. The van der Waals surface area contributed by atoms with Gasteiger partial charge in [-0.25, -0.2) is 4.79 Å². The third-order valence-corrected chi connectivity index (χ3v) is 9.62. The lowest BCUT2D eigenvalue weighted by Gasteiger charge is -2.53. The fraction of sp³-hybridized carbons (Fsp3) is 0.484. The van der Waals surface area contributed by atoms with Crippen molar-refractivity contribution in [2.24, 2.45) is 23.7 Å². The van der Waals surface area contributed by atoms with E-state index in [0.717, 1.165) is 34.7 Å². The SMILES string of the molecule is CC(Cc1c[nH]c2ccccc12)(NC(=O)OC1C2CC3CC(C2)CC1C3)C(=S)NCCc1ccccc1. The second-order valence-electron chi connectivity index (χ2n) is 11.8. The second-order valence-corrected chi connectivity index (χ2v) is 12.2. The first-order valence-corrected chi connectivity index (χ1v) is 14.2. The molecule has 7 rings (SSSR count). The fourth-order valence-electron chi connectivity index (χ4n) is 7.45. The molecule has 1 aromatic heterocycles. The van der Waals surface area contributed by atoms with Gasteiger partial charge in [-0.15, -0.1) is 0 Å². The molecule has 1 unspecified atom stereocenters. The van der Waals surface area contributed by atoms with Crippen molar-refractivity contribution in [2.45, 2.75) is 63.5 Å². The Kier molecular flexibility index (Phi) is 6.70. The molecular formula is C31H37N3O2S. The normalized spacial score (nSPS) is 27.5. The van der Waals surface area contributed by atoms with Crippen molar-refractivity contribution >= 4 is 34.2 Å². The molecule has 0 aliphatic heterocycles. The molecule has 1 amide bonds. The molecular weight excluding hydrogens is 478 g/mol. The predicted octanol–water partition coefficient (Wildman–Crippen LogP) is 6.18. The third-order valence-electron chi connectivity index (χ3n) is 9.02. The Morgan fingerprint density at radius 2 is 1.68 bits per heavy atom. The molecule has 1 heterocycles. The zero-order valence-electron chi connectivity index (χ0n) is 21.5. The summed E-state index contributed by atoms with van der Waals surface area (Å²) in [5, 5.41) is 7.82. The lowest BCUT2D eigenvalue weighted by atomic mass is 9.55. The number of carbonyl (C=O) groups is 1. The van der Waals surface area contributed by atoms with Gasteiger partial charge in [-0.05, 0) is 86.3 Å². The molecule has 194 valence electrons. The summed E-state index contributed by atoms with van der Waals surface area (Å²) in [4.78, 5) is 17.4. The highest BCUT2D eigenvalue weighted by atomic mass is 32.1. The number of fused-ring (bicyclic) bond motifs is 1. The van der Waals surface area contributed by atoms with Gasteiger partial charge in [-0.1, -0.05) is 60.7 Å². The lowest BCUT2D eigenvalue weighted by Crippen LogP contribution is -2.59. The minimum Gasteiger partial charge on any atom is -0.446 e. The minimum absolute atomic E-state index is 0.0461. The van der Waals surface area contributed by atoms with Crippen LogP contribution in [0.3, 0.4) is 0 Å². The van der Waals surface area contributed by atoms with E-state index < -0.39 is 5.54 Å². The Balaban J connectivity index is 1.17. The Hall–Kier alpha value is -2.86. The lowest BCUT2D eigenvalue weighted by molar-refractivity contribution is -0.0967. The molecule has 3 aromatic rings. The molecule has 2 aromatic carbocycles. The van der Waals surface area contributed by atoms with Crippen LogP contribution in [0, 0.1) is 23.7 Å². The smallest absolute Gasteiger partial charge is 0.408 e. The van der Waals surface area contributed by atoms with Gasteiger partial charge in [0.1, 0.15) is 11.1 Å². The maximum absolute atomic E-state index is 13.4. The quantitative estimate of drug-likeness (QED) is 0.314. The standard InChI is InChI=1S/C31H37N3O2S/c1-31(18-25-19-33-27-10-6-5-9-26(25)27,29(37)32-12-11-20-7-3-2-4-8-20)34-30(35)36-28-23-14-21-13-22(16-23)17-24(28)15-21/h2-10,19,21-24,28,33H,11-18H2,1H3,(H,32,37)(H,34,35). The molecule has 4 saturated carbocycles. The highest BCUT2D eigenvalue weighted by molar-refractivity contribution is 7.80. The van der Waals surface area contributed by atoms with Gasteiger partial charge in [-0.2, -0.15) is 0 Å². The predicted molar refractivity (Wildman–Crippen MR) is 152 cm³/mol. The van der Waals surface area contributed by atoms with Crippen LogP contribution < -0.4 is 10.6 Å². The largest absolute Gasteiger partial charge is 0.446 e. The number of rotatable bonds is 8. The zero-order valence-corrected chi connectivity index (χ0v) is 22.4. The van der Waals surface area contributed by atoms with Gasteiger partial charge in [0.15, 0.2) is 0 Å². The maximum Gasteiger partial charge on any atom is 0.408 e. The van der Waals surface area contributed by atoms with Gasteiger partial charge in [0.2, 0.25) is 0 Å². The summed E-state index contributed by atoms with van der Waals surface area (Å²) in [6, 6.07) is 18.6. The van der Waals surface area contributed by atoms with Gasteiger partial charge >= 0.3 is 6.09 Å². The molecule has 4 fully saturated rings. The maximum atomic E-state index is 13.4. The van der Waals surface area contributed by atoms with Crippen molar-refractivity contribution in [3.05, 3.63) is 71.9 Å². The molecule has 6 heteroatoms. The molecule has 4 aliphatic carbocycles. The van der Waals surface area contributed by atoms with E-state index in [1.807, 2.05) is 31.3 Å². The third kappa shape index (κ3) is 5.13. The van der Waals surface area contributed by atoms with E-state index in [1.165, 1.54) is 37.7 Å². The van der Waals surface area contributed by atoms with Crippen molar-refractivity contribution in [3.8, 4) is 0 Å². The van der Waals surface area contributed by atoms with Gasteiger partial charge in [-0.3, -0.25) is 0 Å². The van der Waals surface area contributed by atoms with Crippen LogP contribution in [-0.2, 0) is 17.6 Å². The van der Waals surface area contributed by atoms with Crippen LogP contribution in [0.4, 0.5) is 4.79 Å². The number of hydrogen-bond donors (Lipinski definition) is 3. The van der Waals surface area contributed by atoms with Crippen molar-refractivity contribution in [1.29, 1.82) is 0 Å². The summed E-state index contributed by atoms with van der Waals surface area (Å²) in [7, 11) is 0. The summed E-state index contributed by atoms with van der Waals surface area (Å²) in [5.74, 6) is 2.74. The Bertz CT molecular complexity index is 1240. The number of hydrogen-bond acceptors (Lipinski definition) is 3. The number of benzene rings is 2. The summed E-state index contributed by atoms with van der Waals surface area (Å²) >= 11 is 5.93. The van der Waals surface area contributed by atoms with Crippen LogP contribution >= 0.6 is 12.2 Å². The molecule has 0 spiro atoms. The number of ether oxygens (including phenoxy) is 1. The molecule has 0 radical (unpaired) electrons. The van der Waals surface area contributed by atoms with Gasteiger partial charge < -0.3 is 20.4 Å². The average molecular weight is 516 g/mol. The molecule has 0 saturated heterocycles. The number of aromatic amines is 1. The summed E-state index contributed by atoms with van der Waals surface area (Å²) in [6.07, 6.45) is 9.43. The number of H-pyrrole nitrogens is 1. The van der Waals surface area contributed by atoms with Crippen molar-refractivity contribution < 1.29 is 9.53 Å². The topological polar surface area (TPSA) is 66.2 Å². The zero-order chi connectivity index (χ0) is 25.4. The minimum atomic E-state index is -0.778. The number of alkyl carbamates (subject to hydrolysis) is 1. The van der Waals surface area contributed by atoms with Crippen molar-refractivity contribution in [3.63, 3.8) is 0 Å². The van der Waals surface area contributed by atoms with E-state index in [0.29, 0.717) is 29.8 Å². The Labute approximate surface area is 224 Å². The number of amides is 1. The average Bonchev–Trinajstić information content (AvgIpc) is 3.29. The van der Waals surface area contributed by atoms with Crippen LogP contribution in [0.15, 0.2) is 60.8 Å². The molecule has 5 nitrogen and oxygen atoms in total. The number of para-hydroxylation sites is 1. The number of thiocarbonyl (C=S) groups is 1. The molecule has 4 bridgehead atoms. The first-order valence-electron chi connectivity index (χ1n) is 13.8. The molecule has 37 heavy (non-hydrogen) atoms. The van der Waals surface area contributed by atoms with Crippen molar-refractivity contribution in [2.75, 3.05) is 6.54 Å². The van der Waals surface area contributed by atoms with E-state index >= 15 is 0 Å². The van der Waals surface area contributed by atoms with Gasteiger partial charge in [0.05, 0.1) is 5.54 Å². The second kappa shape index (κ2) is 10.1. The van der Waals surface area contributed by atoms with Crippen molar-refractivity contribution in [1.82, 2.24) is 15.6 Å². The van der Waals surface area contributed by atoms with E-state index in [2.05, 4.69) is 52.0 Å². The molecule has 4 aliphatic rings. The number of carbonyl (C=O) groups excluding carboxylic acids is 1. The van der Waals surface area contributed by atoms with Crippen LogP contribution in [0.2, 0.25) is 0 Å². The fourth-order valence-corrected chi connectivity index (χ4v) is 7.67. The van der Waals surface area contributed by atoms with Gasteiger partial charge in [0.25, 0.3) is 0 Å². The van der Waals surface area contributed by atoms with E-state index in [9.17, 15) is 4.79 Å². The Morgan fingerprint density at radius 3 is 2.41 bits per heavy atom. The van der Waals surface area contributed by atoms with Crippen LogP contribution in [-0.4, -0.2) is 34.3 Å². The highest BCUT2D eigenvalue weighted by Crippen LogP contribution is 2.54. The first kappa shape index (κ1) is 24.5. The van der Waals surface area contributed by atoms with Gasteiger partial charge in [0, 0.05) is 30.1 Å². The first-order chi connectivity index (χ1) is 18.0. The van der Waals surface area contributed by atoms with Crippen LogP contribution in [0.5, 0.6) is 0 Å². The summed E-state index contributed by atoms with van der Waals surface area (Å²) in [6.45, 7) is 2.73. The van der Waals surface area contributed by atoms with Crippen LogP contribution in [0.1, 0.15) is 50.2 Å². The molecule has 1 atom stereocenters. The summed E-state index contributed by atoms with van der Waals surface area (Å²) in [5.41, 5.74) is 2.68. The van der Waals surface area contributed by atoms with Crippen LogP contribution in [0.25, 0.3) is 10.9 Å². The monoisotopic (exact) mass is 515 g/mol. The number of aromatic nitrogens is 1. The van der Waals surface area contributed by atoms with E-state index in [4.69, 9.17) is 17.0 Å². The number of nitrogens with one attached hydrogen (secondary N) is 3. The molecule has 3 N–H and O–H groups in total. The van der Waals surface area contributed by atoms with E-state index in [1.54, 1.807) is 0 Å².